The van der Waals surface area contributed by atoms with Crippen LogP contribution >= 0.6 is 11.8 Å². The van der Waals surface area contributed by atoms with Gasteiger partial charge in [-0.15, -0.1) is 11.8 Å². The molecule has 0 amide bonds. The predicted octanol–water partition coefficient (Wildman–Crippen LogP) is 1.94. The van der Waals surface area contributed by atoms with Crippen LogP contribution in [0.5, 0.6) is 5.75 Å². The Morgan fingerprint density at radius 2 is 1.95 bits per heavy atom. The summed E-state index contributed by atoms with van der Waals surface area (Å²) >= 11 is 1.39. The molecule has 0 saturated carbocycles. The Morgan fingerprint density at radius 1 is 1.26 bits per heavy atom. The van der Waals surface area contributed by atoms with Gasteiger partial charge in [-0.05, 0) is 17.7 Å². The van der Waals surface area contributed by atoms with E-state index in [4.69, 9.17) is 4.74 Å². The number of benzene rings is 1. The van der Waals surface area contributed by atoms with Crippen LogP contribution in [0, 0.1) is 0 Å². The van der Waals surface area contributed by atoms with Crippen LogP contribution in [0.15, 0.2) is 36.4 Å². The first-order chi connectivity index (χ1) is 9.15. The quantitative estimate of drug-likeness (QED) is 0.675. The van der Waals surface area contributed by atoms with Crippen molar-refractivity contribution in [1.29, 1.82) is 0 Å². The van der Waals surface area contributed by atoms with Gasteiger partial charge in [0.2, 0.25) is 0 Å². The maximum absolute atomic E-state index is 11.4. The van der Waals surface area contributed by atoms with Gasteiger partial charge in [-0.3, -0.25) is 4.79 Å². The van der Waals surface area contributed by atoms with E-state index < -0.39 is 6.10 Å². The number of carbonyl (C=O) groups excluding carboxylic acids is 1. The number of hydrogen-bond acceptors (Lipinski definition) is 5. The van der Waals surface area contributed by atoms with Crippen molar-refractivity contribution >= 4 is 17.7 Å². The van der Waals surface area contributed by atoms with Crippen molar-refractivity contribution in [1.82, 2.24) is 0 Å². The summed E-state index contributed by atoms with van der Waals surface area (Å²) in [4.78, 5) is 11.4. The summed E-state index contributed by atoms with van der Waals surface area (Å²) in [5, 5.41) is 9.82. The molecule has 19 heavy (non-hydrogen) atoms. The maximum atomic E-state index is 11.4. The van der Waals surface area contributed by atoms with Crippen molar-refractivity contribution < 1.29 is 19.4 Å². The predicted molar refractivity (Wildman–Crippen MR) is 74.3 cm³/mol. The van der Waals surface area contributed by atoms with Gasteiger partial charge in [-0.2, -0.15) is 0 Å². The average Bonchev–Trinajstić information content (AvgIpc) is 2.95. The van der Waals surface area contributed by atoms with Crippen LogP contribution in [0.2, 0.25) is 0 Å². The van der Waals surface area contributed by atoms with E-state index in [0.717, 1.165) is 11.3 Å². The highest BCUT2D eigenvalue weighted by Crippen LogP contribution is 2.36. The van der Waals surface area contributed by atoms with E-state index in [1.54, 1.807) is 25.3 Å². The molecule has 1 N–H and O–H groups in total. The Kier molecular flexibility index (Phi) is 4.50. The van der Waals surface area contributed by atoms with Gasteiger partial charge in [0.1, 0.15) is 11.0 Å². The molecule has 1 aromatic carbocycles. The van der Waals surface area contributed by atoms with E-state index in [9.17, 15) is 9.90 Å². The van der Waals surface area contributed by atoms with Gasteiger partial charge in [0.05, 0.1) is 25.6 Å². The molecule has 4 nitrogen and oxygen atoms in total. The zero-order valence-electron chi connectivity index (χ0n) is 10.8. The third kappa shape index (κ3) is 3.11. The summed E-state index contributed by atoms with van der Waals surface area (Å²) in [6, 6.07) is 7.26. The Balaban J connectivity index is 2.03. The number of rotatable bonds is 4. The number of hydrogen-bond donors (Lipinski definition) is 1. The molecular formula is C14H16O4S. The molecule has 1 aliphatic heterocycles. The fourth-order valence-electron chi connectivity index (χ4n) is 1.89. The maximum Gasteiger partial charge on any atom is 0.322 e. The number of ether oxygens (including phenoxy) is 2. The highest BCUT2D eigenvalue weighted by atomic mass is 32.2. The smallest absolute Gasteiger partial charge is 0.322 e. The fraction of sp³-hybridized carbons (Fsp3) is 0.357. The number of thioether (sulfide) groups is 1. The topological polar surface area (TPSA) is 55.8 Å². The molecule has 0 bridgehead atoms. The van der Waals surface area contributed by atoms with Crippen molar-refractivity contribution in [2.45, 2.75) is 16.6 Å². The van der Waals surface area contributed by atoms with Crippen LogP contribution in [0.3, 0.4) is 0 Å². The molecule has 0 aromatic heterocycles. The number of aliphatic hydroxyl groups is 1. The monoisotopic (exact) mass is 280 g/mol. The van der Waals surface area contributed by atoms with Gasteiger partial charge in [-0.25, -0.2) is 0 Å². The standard InChI is InChI=1S/C14H16O4S/c1-17-10-5-3-9(4-6-10)13(15)11-7-8-12(19-11)14(16)18-2/h3-8,11-13,15H,1-2H3/t11-,12?,13?/m1/s1. The number of carbonyl (C=O) groups is 1. The van der Waals surface area contributed by atoms with E-state index in [1.807, 2.05) is 18.2 Å². The molecule has 0 spiro atoms. The summed E-state index contributed by atoms with van der Waals surface area (Å²) in [7, 11) is 2.96. The minimum Gasteiger partial charge on any atom is -0.497 e. The minimum absolute atomic E-state index is 0.141. The van der Waals surface area contributed by atoms with Gasteiger partial charge >= 0.3 is 5.97 Å². The first-order valence-electron chi connectivity index (χ1n) is 5.89. The lowest BCUT2D eigenvalue weighted by Gasteiger charge is -2.18. The largest absolute Gasteiger partial charge is 0.497 e. The third-order valence-corrected chi connectivity index (χ3v) is 4.35. The second-order valence-corrected chi connectivity index (χ2v) is 5.47. The van der Waals surface area contributed by atoms with Crippen molar-refractivity contribution in [3.05, 3.63) is 42.0 Å². The highest BCUT2D eigenvalue weighted by Gasteiger charge is 2.31. The highest BCUT2D eigenvalue weighted by molar-refractivity contribution is 8.01. The molecule has 102 valence electrons. The molecule has 0 radical (unpaired) electrons. The van der Waals surface area contributed by atoms with Gasteiger partial charge in [-0.1, -0.05) is 24.3 Å². The lowest BCUT2D eigenvalue weighted by molar-refractivity contribution is -0.138. The van der Waals surface area contributed by atoms with Gasteiger partial charge in [0, 0.05) is 0 Å². The molecule has 2 rings (SSSR count). The third-order valence-electron chi connectivity index (χ3n) is 2.98. The molecule has 2 unspecified atom stereocenters. The molecule has 1 heterocycles. The van der Waals surface area contributed by atoms with Crippen LogP contribution in [-0.2, 0) is 9.53 Å². The van der Waals surface area contributed by atoms with Gasteiger partial charge < -0.3 is 14.6 Å². The van der Waals surface area contributed by atoms with Crippen LogP contribution in [-0.4, -0.2) is 35.8 Å². The Morgan fingerprint density at radius 3 is 2.53 bits per heavy atom. The van der Waals surface area contributed by atoms with Crippen LogP contribution in [0.1, 0.15) is 11.7 Å². The van der Waals surface area contributed by atoms with E-state index in [-0.39, 0.29) is 16.5 Å². The Labute approximate surface area is 116 Å². The van der Waals surface area contributed by atoms with E-state index >= 15 is 0 Å². The lowest BCUT2D eigenvalue weighted by atomic mass is 10.1. The molecular weight excluding hydrogens is 264 g/mol. The van der Waals surface area contributed by atoms with Crippen LogP contribution < -0.4 is 4.74 Å². The first-order valence-corrected chi connectivity index (χ1v) is 6.83. The SMILES string of the molecule is COC(=O)C1C=C[C@H](C(O)c2ccc(OC)cc2)S1. The minimum atomic E-state index is -0.651. The Bertz CT molecular complexity index is 469. The molecule has 5 heteroatoms. The van der Waals surface area contributed by atoms with E-state index in [1.165, 1.54) is 18.9 Å². The fourth-order valence-corrected chi connectivity index (χ4v) is 3.11. The van der Waals surface area contributed by atoms with Crippen LogP contribution in [0.4, 0.5) is 0 Å². The molecule has 1 aliphatic rings. The normalized spacial score (nSPS) is 23.1. The summed E-state index contributed by atoms with van der Waals surface area (Å²) in [5.41, 5.74) is 0.800. The van der Waals surface area contributed by atoms with Crippen molar-refractivity contribution in [2.75, 3.05) is 14.2 Å². The zero-order chi connectivity index (χ0) is 13.8. The summed E-state index contributed by atoms with van der Waals surface area (Å²) in [5.74, 6) is 0.462. The van der Waals surface area contributed by atoms with Crippen LogP contribution in [0.25, 0.3) is 0 Å². The lowest BCUT2D eigenvalue weighted by Crippen LogP contribution is -2.17. The molecule has 3 atom stereocenters. The molecule has 0 saturated heterocycles. The van der Waals surface area contributed by atoms with Crippen molar-refractivity contribution in [3.8, 4) is 5.75 Å². The summed E-state index contributed by atoms with van der Waals surface area (Å²) in [6.45, 7) is 0. The summed E-state index contributed by atoms with van der Waals surface area (Å²) < 4.78 is 9.76. The second kappa shape index (κ2) is 6.12. The first kappa shape index (κ1) is 14.0. The second-order valence-electron chi connectivity index (χ2n) is 4.15. The number of aliphatic hydroxyl groups excluding tert-OH is 1. The van der Waals surface area contributed by atoms with Gasteiger partial charge in [0.15, 0.2) is 0 Å². The van der Waals surface area contributed by atoms with Gasteiger partial charge in [0.25, 0.3) is 0 Å². The van der Waals surface area contributed by atoms with E-state index in [0.29, 0.717) is 0 Å². The zero-order valence-corrected chi connectivity index (χ0v) is 11.6. The van der Waals surface area contributed by atoms with Crippen molar-refractivity contribution in [2.24, 2.45) is 0 Å². The summed E-state index contributed by atoms with van der Waals surface area (Å²) in [6.07, 6.45) is 2.97. The molecule has 1 aromatic rings. The molecule has 0 aliphatic carbocycles. The number of esters is 1. The van der Waals surface area contributed by atoms with Crippen molar-refractivity contribution in [3.63, 3.8) is 0 Å². The van der Waals surface area contributed by atoms with E-state index in [2.05, 4.69) is 4.74 Å². The molecule has 0 fully saturated rings. The number of methoxy groups -OCH3 is 2. The average molecular weight is 280 g/mol. The Hall–Kier alpha value is -1.46.